The van der Waals surface area contributed by atoms with Gasteiger partial charge in [0.05, 0.1) is 11.8 Å². The van der Waals surface area contributed by atoms with Crippen molar-refractivity contribution >= 4 is 5.82 Å². The third kappa shape index (κ3) is 3.50. The number of nitrogens with zero attached hydrogens (tertiary/aromatic N) is 3. The zero-order valence-corrected chi connectivity index (χ0v) is 18.5. The van der Waals surface area contributed by atoms with Crippen molar-refractivity contribution in [2.75, 3.05) is 38.2 Å². The molecule has 168 valence electrons. The Morgan fingerprint density at radius 2 is 1.91 bits per heavy atom. The van der Waals surface area contributed by atoms with E-state index < -0.39 is 11.7 Å². The summed E-state index contributed by atoms with van der Waals surface area (Å²) in [4.78, 5) is 9.33. The van der Waals surface area contributed by atoms with Gasteiger partial charge in [0, 0.05) is 32.2 Å². The Morgan fingerprint density at radius 1 is 1.16 bits per heavy atom. The topological polar surface area (TPSA) is 69.1 Å². The minimum Gasteiger partial charge on any atom is -0.388 e. The Bertz CT molecular complexity index is 999. The molecule has 6 nitrogen and oxygen atoms in total. The van der Waals surface area contributed by atoms with Gasteiger partial charge in [-0.3, -0.25) is 4.90 Å². The second-order valence-electron chi connectivity index (χ2n) is 9.28. The SMILES string of the molecule is C#CC1N2CCC(CC2)[C@@]1(O)c1ccc(N2C[C@@H](O)[C@@H](OC)C2)nc1Cc1ccccc1. The minimum absolute atomic E-state index is 0.127. The molecular weight excluding hydrogens is 402 g/mol. The second-order valence-corrected chi connectivity index (χ2v) is 9.28. The molecular formula is C26H31N3O3. The van der Waals surface area contributed by atoms with E-state index in [0.29, 0.717) is 19.5 Å². The molecule has 1 aromatic carbocycles. The highest BCUT2D eigenvalue weighted by molar-refractivity contribution is 5.48. The number of benzene rings is 1. The van der Waals surface area contributed by atoms with Gasteiger partial charge in [0.1, 0.15) is 23.6 Å². The Kier molecular flexibility index (Phi) is 5.68. The molecule has 0 radical (unpaired) electrons. The van der Waals surface area contributed by atoms with E-state index in [1.807, 2.05) is 30.3 Å². The molecule has 4 fully saturated rings. The molecule has 4 aliphatic heterocycles. The maximum atomic E-state index is 12.1. The van der Waals surface area contributed by atoms with Crippen LogP contribution >= 0.6 is 0 Å². The molecule has 1 aromatic heterocycles. The van der Waals surface area contributed by atoms with Gasteiger partial charge < -0.3 is 19.8 Å². The van der Waals surface area contributed by atoms with Gasteiger partial charge in [0.25, 0.3) is 0 Å². The first-order valence-corrected chi connectivity index (χ1v) is 11.5. The van der Waals surface area contributed by atoms with E-state index >= 15 is 0 Å². The van der Waals surface area contributed by atoms with E-state index in [1.165, 1.54) is 0 Å². The van der Waals surface area contributed by atoms with E-state index in [1.54, 1.807) is 7.11 Å². The van der Waals surface area contributed by atoms with Gasteiger partial charge in [0.2, 0.25) is 0 Å². The fourth-order valence-electron chi connectivity index (χ4n) is 5.83. The molecule has 0 amide bonds. The lowest BCUT2D eigenvalue weighted by molar-refractivity contribution is -0.143. The molecule has 5 heterocycles. The molecule has 0 saturated carbocycles. The number of methoxy groups -OCH3 is 1. The number of piperidine rings is 3. The summed E-state index contributed by atoms with van der Waals surface area (Å²) in [5.74, 6) is 3.81. The number of pyridine rings is 1. The average molecular weight is 434 g/mol. The standard InChI is InChI=1S/C26H31N3O3/c1-3-24-26(31,19-11-13-28(24)14-12-19)20-9-10-25(29-16-22(30)23(17-29)32-2)27-21(20)15-18-7-5-4-6-8-18/h1,4-10,19,22-24,30-31H,11-17H2,2H3/t22-,23+,24?,26-/m1/s1. The fraction of sp³-hybridized carbons (Fsp3) is 0.500. The molecule has 4 saturated heterocycles. The number of aromatic nitrogens is 1. The lowest BCUT2D eigenvalue weighted by Crippen LogP contribution is -2.63. The van der Waals surface area contributed by atoms with Crippen LogP contribution in [0.2, 0.25) is 0 Å². The van der Waals surface area contributed by atoms with Crippen molar-refractivity contribution in [3.63, 3.8) is 0 Å². The number of anilines is 1. The summed E-state index contributed by atoms with van der Waals surface area (Å²) in [6.45, 7) is 2.93. The molecule has 2 N–H and O–H groups in total. The summed E-state index contributed by atoms with van der Waals surface area (Å²) < 4.78 is 5.41. The largest absolute Gasteiger partial charge is 0.388 e. The number of rotatable bonds is 5. The van der Waals surface area contributed by atoms with Crippen LogP contribution in [-0.4, -0.2) is 71.6 Å². The van der Waals surface area contributed by atoms with Gasteiger partial charge in [-0.2, -0.15) is 0 Å². The van der Waals surface area contributed by atoms with Crippen molar-refractivity contribution < 1.29 is 14.9 Å². The van der Waals surface area contributed by atoms with Crippen molar-refractivity contribution in [1.82, 2.24) is 9.88 Å². The number of terminal acetylenes is 1. The van der Waals surface area contributed by atoms with E-state index in [4.69, 9.17) is 16.1 Å². The maximum Gasteiger partial charge on any atom is 0.129 e. The molecule has 32 heavy (non-hydrogen) atoms. The molecule has 6 heteroatoms. The summed E-state index contributed by atoms with van der Waals surface area (Å²) in [5.41, 5.74) is 1.71. The fourth-order valence-corrected chi connectivity index (χ4v) is 5.83. The second kappa shape index (κ2) is 8.49. The summed E-state index contributed by atoms with van der Waals surface area (Å²) >= 11 is 0. The predicted molar refractivity (Wildman–Crippen MR) is 123 cm³/mol. The molecule has 0 aliphatic carbocycles. The Hall–Kier alpha value is -2.43. The molecule has 0 spiro atoms. The summed E-state index contributed by atoms with van der Waals surface area (Å²) in [5, 5.41) is 22.4. The van der Waals surface area contributed by atoms with Crippen LogP contribution in [0.25, 0.3) is 0 Å². The molecule has 2 aromatic rings. The van der Waals surface area contributed by atoms with Gasteiger partial charge in [-0.05, 0) is 43.5 Å². The van der Waals surface area contributed by atoms with Gasteiger partial charge in [-0.15, -0.1) is 6.42 Å². The highest BCUT2D eigenvalue weighted by Crippen LogP contribution is 2.48. The Morgan fingerprint density at radius 3 is 2.56 bits per heavy atom. The van der Waals surface area contributed by atoms with Crippen molar-refractivity contribution in [3.8, 4) is 12.3 Å². The number of ether oxygens (including phenoxy) is 1. The lowest BCUT2D eigenvalue weighted by atomic mass is 9.66. The van der Waals surface area contributed by atoms with Crippen molar-refractivity contribution in [3.05, 3.63) is 59.3 Å². The van der Waals surface area contributed by atoms with Gasteiger partial charge >= 0.3 is 0 Å². The van der Waals surface area contributed by atoms with Crippen LogP contribution < -0.4 is 4.90 Å². The Balaban J connectivity index is 1.57. The van der Waals surface area contributed by atoms with Gasteiger partial charge in [-0.1, -0.05) is 42.3 Å². The number of hydrogen-bond donors (Lipinski definition) is 2. The number of aliphatic hydroxyl groups is 2. The first-order chi connectivity index (χ1) is 15.5. The van der Waals surface area contributed by atoms with Crippen molar-refractivity contribution in [1.29, 1.82) is 0 Å². The molecule has 4 aliphatic rings. The number of β-amino-alcohol motifs (C(OH)–C–C–N with tert-alkyl or cyclic N) is 1. The van der Waals surface area contributed by atoms with Crippen molar-refractivity contribution in [2.45, 2.75) is 43.1 Å². The molecule has 1 unspecified atom stereocenters. The van der Waals surface area contributed by atoms with Crippen LogP contribution in [0.1, 0.15) is 29.7 Å². The normalized spacial score (nSPS) is 33.9. The molecule has 4 atom stereocenters. The predicted octanol–water partition coefficient (Wildman–Crippen LogP) is 1.78. The van der Waals surface area contributed by atoms with E-state index in [-0.39, 0.29) is 18.1 Å². The number of hydrogen-bond acceptors (Lipinski definition) is 6. The van der Waals surface area contributed by atoms with E-state index in [0.717, 1.165) is 48.6 Å². The first kappa shape index (κ1) is 21.4. The smallest absolute Gasteiger partial charge is 0.129 e. The monoisotopic (exact) mass is 433 g/mol. The zero-order chi connectivity index (χ0) is 22.3. The molecule has 6 rings (SSSR count). The third-order valence-electron chi connectivity index (χ3n) is 7.56. The van der Waals surface area contributed by atoms with Crippen molar-refractivity contribution in [2.24, 2.45) is 5.92 Å². The van der Waals surface area contributed by atoms with E-state index in [9.17, 15) is 10.2 Å². The van der Waals surface area contributed by atoms with Crippen LogP contribution in [0.15, 0.2) is 42.5 Å². The Labute approximate surface area is 189 Å². The summed E-state index contributed by atoms with van der Waals surface area (Å²) in [6, 6.07) is 13.8. The maximum absolute atomic E-state index is 12.1. The highest BCUT2D eigenvalue weighted by Gasteiger charge is 2.54. The van der Waals surface area contributed by atoms with Crippen LogP contribution in [0, 0.1) is 18.3 Å². The molecule has 2 bridgehead atoms. The van der Waals surface area contributed by atoms with Gasteiger partial charge in [-0.25, -0.2) is 4.98 Å². The van der Waals surface area contributed by atoms with Crippen LogP contribution in [-0.2, 0) is 16.8 Å². The lowest BCUT2D eigenvalue weighted by Gasteiger charge is -2.54. The average Bonchev–Trinajstić information content (AvgIpc) is 3.21. The number of aliphatic hydroxyl groups excluding tert-OH is 1. The summed E-state index contributed by atoms with van der Waals surface area (Å²) in [7, 11) is 1.62. The first-order valence-electron chi connectivity index (χ1n) is 11.5. The van der Waals surface area contributed by atoms with E-state index in [2.05, 4.69) is 27.9 Å². The van der Waals surface area contributed by atoms with Crippen LogP contribution in [0.5, 0.6) is 0 Å². The summed E-state index contributed by atoms with van der Waals surface area (Å²) in [6.07, 6.45) is 7.67. The quantitative estimate of drug-likeness (QED) is 0.701. The zero-order valence-electron chi connectivity index (χ0n) is 18.5. The van der Waals surface area contributed by atoms with Crippen LogP contribution in [0.3, 0.4) is 0 Å². The third-order valence-corrected chi connectivity index (χ3v) is 7.56. The highest BCUT2D eigenvalue weighted by atomic mass is 16.5. The van der Waals surface area contributed by atoms with Crippen LogP contribution in [0.4, 0.5) is 5.82 Å². The van der Waals surface area contributed by atoms with Gasteiger partial charge in [0.15, 0.2) is 0 Å². The minimum atomic E-state index is -1.11. The number of fused-ring (bicyclic) bond motifs is 3.